The van der Waals surface area contributed by atoms with E-state index in [9.17, 15) is 18.0 Å². The molecule has 0 radical (unpaired) electrons. The van der Waals surface area contributed by atoms with Crippen LogP contribution in [0.5, 0.6) is 0 Å². The Labute approximate surface area is 138 Å². The average Bonchev–Trinajstić information content (AvgIpc) is 2.78. The number of hydrogen-bond donors (Lipinski definition) is 1. The van der Waals surface area contributed by atoms with Gasteiger partial charge in [0.15, 0.2) is 0 Å². The molecule has 0 aliphatic heterocycles. The fourth-order valence-corrected chi connectivity index (χ4v) is 3.38. The summed E-state index contributed by atoms with van der Waals surface area (Å²) in [5.41, 5.74) is -0.485. The van der Waals surface area contributed by atoms with Crippen LogP contribution in [0.2, 0.25) is 0 Å². The van der Waals surface area contributed by atoms with Gasteiger partial charge in [0, 0.05) is 9.35 Å². The van der Waals surface area contributed by atoms with Crippen LogP contribution < -0.4 is 10.9 Å². The number of nitrogens with one attached hydrogen (secondary N) is 1. The first-order valence-corrected chi connectivity index (χ1v) is 8.02. The van der Waals surface area contributed by atoms with Crippen molar-refractivity contribution < 1.29 is 13.2 Å². The van der Waals surface area contributed by atoms with Gasteiger partial charge in [-0.2, -0.15) is 18.3 Å². The smallest absolute Gasteiger partial charge is 0.378 e. The van der Waals surface area contributed by atoms with Gasteiger partial charge >= 0.3 is 6.18 Å². The summed E-state index contributed by atoms with van der Waals surface area (Å²) in [5, 5.41) is 8.39. The third kappa shape index (κ3) is 4.30. The maximum atomic E-state index is 12.3. The van der Waals surface area contributed by atoms with Crippen molar-refractivity contribution in [3.63, 3.8) is 0 Å². The highest BCUT2D eigenvalue weighted by molar-refractivity contribution is 9.11. The molecule has 0 saturated carbocycles. The molecule has 0 atom stereocenters. The van der Waals surface area contributed by atoms with E-state index in [1.165, 1.54) is 17.5 Å². The molecule has 114 valence electrons. The maximum absolute atomic E-state index is 12.3. The molecule has 21 heavy (non-hydrogen) atoms. The number of anilines is 1. The van der Waals surface area contributed by atoms with E-state index in [0.29, 0.717) is 16.9 Å². The normalized spacial score (nSPS) is 11.7. The highest BCUT2D eigenvalue weighted by atomic mass is 79.9. The lowest BCUT2D eigenvalue weighted by Gasteiger charge is -2.11. The molecule has 0 amide bonds. The summed E-state index contributed by atoms with van der Waals surface area (Å²) in [6.07, 6.45) is -3.30. The molecule has 4 nitrogen and oxygen atoms in total. The van der Waals surface area contributed by atoms with E-state index in [1.807, 2.05) is 11.4 Å². The van der Waals surface area contributed by atoms with Crippen molar-refractivity contribution in [1.29, 1.82) is 0 Å². The highest BCUT2D eigenvalue weighted by Gasteiger charge is 2.29. The van der Waals surface area contributed by atoms with Gasteiger partial charge in [0.1, 0.15) is 11.0 Å². The van der Waals surface area contributed by atoms with Crippen LogP contribution in [-0.4, -0.2) is 16.0 Å². The average molecular weight is 447 g/mol. The van der Waals surface area contributed by atoms with Crippen LogP contribution in [0.4, 0.5) is 18.9 Å². The molecule has 0 fully saturated rings. The largest absolute Gasteiger partial charge is 0.408 e. The van der Waals surface area contributed by atoms with E-state index in [0.717, 1.165) is 9.35 Å². The lowest BCUT2D eigenvalue weighted by molar-refractivity contribution is -0.143. The molecule has 2 heterocycles. The number of rotatable bonds is 4. The van der Waals surface area contributed by atoms with E-state index in [1.54, 1.807) is 0 Å². The summed E-state index contributed by atoms with van der Waals surface area (Å²) in [6, 6.07) is 1.89. The van der Waals surface area contributed by atoms with Crippen LogP contribution in [-0.2, 0) is 13.1 Å². The van der Waals surface area contributed by atoms with Gasteiger partial charge < -0.3 is 5.32 Å². The number of aromatic nitrogens is 2. The van der Waals surface area contributed by atoms with E-state index in [4.69, 9.17) is 0 Å². The molecule has 2 aromatic rings. The zero-order valence-electron chi connectivity index (χ0n) is 10.2. The van der Waals surface area contributed by atoms with Crippen LogP contribution in [0.3, 0.4) is 0 Å². The summed E-state index contributed by atoms with van der Waals surface area (Å²) < 4.78 is 38.2. The van der Waals surface area contributed by atoms with Crippen LogP contribution in [0, 0.1) is 0 Å². The van der Waals surface area contributed by atoms with Crippen molar-refractivity contribution in [3.05, 3.63) is 41.8 Å². The molecule has 1 N–H and O–H groups in total. The second kappa shape index (κ2) is 6.49. The molecule has 0 aliphatic rings. The third-order valence-electron chi connectivity index (χ3n) is 2.44. The minimum absolute atomic E-state index is 0.0226. The standard InChI is InChI=1S/C11H8Br2F3N3OS/c12-6-1-2-21-8(6)4-17-7-3-18-19(5-11(14,15)16)10(20)9(7)13/h1-3,17H,4-5H2. The quantitative estimate of drug-likeness (QED) is 0.771. The molecule has 0 bridgehead atoms. The van der Waals surface area contributed by atoms with Gasteiger partial charge in [-0.3, -0.25) is 4.79 Å². The highest BCUT2D eigenvalue weighted by Crippen LogP contribution is 2.25. The first kappa shape index (κ1) is 16.5. The van der Waals surface area contributed by atoms with Crippen LogP contribution in [0.15, 0.2) is 31.4 Å². The Bertz CT molecular complexity index is 699. The Morgan fingerprint density at radius 2 is 2.10 bits per heavy atom. The van der Waals surface area contributed by atoms with Crippen LogP contribution in [0.25, 0.3) is 0 Å². The van der Waals surface area contributed by atoms with Crippen molar-refractivity contribution in [1.82, 2.24) is 9.78 Å². The molecule has 0 unspecified atom stereocenters. The molecule has 2 rings (SSSR count). The fraction of sp³-hybridized carbons (Fsp3) is 0.273. The van der Waals surface area contributed by atoms with Crippen molar-refractivity contribution >= 4 is 48.9 Å². The summed E-state index contributed by atoms with van der Waals surface area (Å²) in [7, 11) is 0. The van der Waals surface area contributed by atoms with Gasteiger partial charge in [-0.05, 0) is 43.3 Å². The molecule has 0 aromatic carbocycles. The van der Waals surface area contributed by atoms with Gasteiger partial charge in [-0.1, -0.05) is 0 Å². The van der Waals surface area contributed by atoms with Gasteiger partial charge in [-0.15, -0.1) is 11.3 Å². The van der Waals surface area contributed by atoms with Crippen molar-refractivity contribution in [2.24, 2.45) is 0 Å². The summed E-state index contributed by atoms with van der Waals surface area (Å²) >= 11 is 7.89. The molecule has 10 heteroatoms. The molecule has 0 spiro atoms. The minimum atomic E-state index is -4.49. The number of hydrogen-bond acceptors (Lipinski definition) is 4. The minimum Gasteiger partial charge on any atom is -0.378 e. The molecule has 2 aromatic heterocycles. The first-order chi connectivity index (χ1) is 9.78. The zero-order valence-corrected chi connectivity index (χ0v) is 14.2. The van der Waals surface area contributed by atoms with Gasteiger partial charge in [-0.25, -0.2) is 4.68 Å². The lowest BCUT2D eigenvalue weighted by Crippen LogP contribution is -2.31. The van der Waals surface area contributed by atoms with Crippen molar-refractivity contribution in [2.75, 3.05) is 5.32 Å². The van der Waals surface area contributed by atoms with E-state index >= 15 is 0 Å². The van der Waals surface area contributed by atoms with E-state index in [-0.39, 0.29) is 4.47 Å². The summed E-state index contributed by atoms with van der Waals surface area (Å²) in [4.78, 5) is 12.8. The number of nitrogens with zero attached hydrogens (tertiary/aromatic N) is 2. The molecule has 0 aliphatic carbocycles. The predicted molar refractivity (Wildman–Crippen MR) is 81.6 cm³/mol. The Hall–Kier alpha value is -0.870. The zero-order chi connectivity index (χ0) is 15.6. The number of halogens is 5. The van der Waals surface area contributed by atoms with E-state index < -0.39 is 18.3 Å². The van der Waals surface area contributed by atoms with Gasteiger partial charge in [0.2, 0.25) is 0 Å². The summed E-state index contributed by atoms with van der Waals surface area (Å²) in [5.74, 6) is 0. The maximum Gasteiger partial charge on any atom is 0.408 e. The van der Waals surface area contributed by atoms with Gasteiger partial charge in [0.05, 0.1) is 18.4 Å². The van der Waals surface area contributed by atoms with Crippen LogP contribution >= 0.6 is 43.2 Å². The molecule has 0 saturated heterocycles. The van der Waals surface area contributed by atoms with Crippen molar-refractivity contribution in [3.8, 4) is 0 Å². The Kier molecular flexibility index (Phi) is 5.10. The Balaban J connectivity index is 2.17. The first-order valence-electron chi connectivity index (χ1n) is 5.56. The number of alkyl halides is 3. The van der Waals surface area contributed by atoms with Crippen molar-refractivity contribution in [2.45, 2.75) is 19.3 Å². The number of thiophene rings is 1. The topological polar surface area (TPSA) is 46.9 Å². The Morgan fingerprint density at radius 3 is 2.67 bits per heavy atom. The summed E-state index contributed by atoms with van der Waals surface area (Å²) in [6.45, 7) is -0.984. The van der Waals surface area contributed by atoms with Gasteiger partial charge in [0.25, 0.3) is 5.56 Å². The monoisotopic (exact) mass is 445 g/mol. The second-order valence-electron chi connectivity index (χ2n) is 4.00. The SMILES string of the molecule is O=c1c(Br)c(NCc2sccc2Br)cnn1CC(F)(F)F. The lowest BCUT2D eigenvalue weighted by atomic mass is 10.4. The third-order valence-corrected chi connectivity index (χ3v) is 5.14. The second-order valence-corrected chi connectivity index (χ2v) is 6.64. The van der Waals surface area contributed by atoms with E-state index in [2.05, 4.69) is 42.3 Å². The predicted octanol–water partition coefficient (Wildman–Crippen LogP) is 4.00. The molecular weight excluding hydrogens is 439 g/mol. The Morgan fingerprint density at radius 1 is 1.38 bits per heavy atom. The molecular formula is C11H8Br2F3N3OS. The van der Waals surface area contributed by atoms with Crippen LogP contribution in [0.1, 0.15) is 4.88 Å². The fourth-order valence-electron chi connectivity index (χ4n) is 1.50.